The molecule has 0 saturated carbocycles. The van der Waals surface area contributed by atoms with Crippen molar-refractivity contribution >= 4 is 11.6 Å². The van der Waals surface area contributed by atoms with Crippen LogP contribution in [0.25, 0.3) is 0 Å². The van der Waals surface area contributed by atoms with E-state index in [2.05, 4.69) is 39.0 Å². The number of alkyl halides is 1. The van der Waals surface area contributed by atoms with Crippen molar-refractivity contribution < 1.29 is 0 Å². The minimum absolute atomic E-state index is 0.215. The summed E-state index contributed by atoms with van der Waals surface area (Å²) in [6.45, 7) is 6.79. The molecule has 1 aliphatic carbocycles. The van der Waals surface area contributed by atoms with E-state index >= 15 is 0 Å². The molecule has 1 unspecified atom stereocenters. The van der Waals surface area contributed by atoms with E-state index in [4.69, 9.17) is 11.6 Å². The van der Waals surface area contributed by atoms with Crippen LogP contribution in [0.5, 0.6) is 0 Å². The second-order valence-electron chi connectivity index (χ2n) is 5.23. The normalized spacial score (nSPS) is 22.8. The van der Waals surface area contributed by atoms with Gasteiger partial charge in [0.05, 0.1) is 5.38 Å². The molecule has 82 valence electrons. The van der Waals surface area contributed by atoms with Crippen molar-refractivity contribution in [2.75, 3.05) is 0 Å². The van der Waals surface area contributed by atoms with E-state index < -0.39 is 0 Å². The first-order valence-corrected chi connectivity index (χ1v) is 6.25. The van der Waals surface area contributed by atoms with Gasteiger partial charge in [0.15, 0.2) is 0 Å². The molecule has 1 heteroatoms. The number of halogens is 1. The largest absolute Gasteiger partial charge is 0.118 e. The van der Waals surface area contributed by atoms with E-state index in [1.165, 1.54) is 23.1 Å². The molecule has 2 rings (SSSR count). The third-order valence-corrected chi connectivity index (χ3v) is 3.80. The minimum atomic E-state index is 0.215. The fraction of sp³-hybridized carbons (Fsp3) is 0.571. The summed E-state index contributed by atoms with van der Waals surface area (Å²) in [4.78, 5) is 0. The minimum Gasteiger partial charge on any atom is -0.118 e. The highest BCUT2D eigenvalue weighted by molar-refractivity contribution is 6.21. The predicted octanol–water partition coefficient (Wildman–Crippen LogP) is 4.60. The van der Waals surface area contributed by atoms with Gasteiger partial charge in [-0.25, -0.2) is 0 Å². The maximum Gasteiger partial charge on any atom is 0.0596 e. The number of aryl methyl sites for hydroxylation is 1. The number of benzene rings is 1. The molecule has 0 amide bonds. The van der Waals surface area contributed by atoms with Crippen molar-refractivity contribution in [2.45, 2.75) is 50.8 Å². The van der Waals surface area contributed by atoms with Crippen molar-refractivity contribution in [3.8, 4) is 0 Å². The lowest BCUT2D eigenvalue weighted by molar-refractivity contribution is 0.516. The predicted molar refractivity (Wildman–Crippen MR) is 66.7 cm³/mol. The van der Waals surface area contributed by atoms with Gasteiger partial charge in [-0.15, -0.1) is 11.6 Å². The monoisotopic (exact) mass is 222 g/mol. The molecule has 0 spiro atoms. The molecule has 15 heavy (non-hydrogen) atoms. The van der Waals surface area contributed by atoms with Crippen LogP contribution in [-0.2, 0) is 11.8 Å². The summed E-state index contributed by atoms with van der Waals surface area (Å²) in [7, 11) is 0. The Labute approximate surface area is 97.6 Å². The van der Waals surface area contributed by atoms with Gasteiger partial charge in [0.2, 0.25) is 0 Å². The molecule has 0 heterocycles. The van der Waals surface area contributed by atoms with Crippen LogP contribution < -0.4 is 0 Å². The standard InChI is InChI=1S/C14H19Cl/c1-4-5-10-6-7-12-11(8-10)13(15)9-14(12,2)3/h6-8,13H,4-5,9H2,1-3H3. The molecule has 1 aromatic carbocycles. The molecule has 0 radical (unpaired) electrons. The molecule has 0 fully saturated rings. The second kappa shape index (κ2) is 3.83. The zero-order valence-corrected chi connectivity index (χ0v) is 10.6. The van der Waals surface area contributed by atoms with Crippen LogP contribution in [-0.4, -0.2) is 0 Å². The van der Waals surface area contributed by atoms with Gasteiger partial charge in [-0.3, -0.25) is 0 Å². The summed E-state index contributed by atoms with van der Waals surface area (Å²) in [6.07, 6.45) is 3.44. The van der Waals surface area contributed by atoms with Gasteiger partial charge in [0, 0.05) is 0 Å². The Hall–Kier alpha value is -0.490. The molecule has 0 aromatic heterocycles. The lowest BCUT2D eigenvalue weighted by Crippen LogP contribution is -2.11. The zero-order chi connectivity index (χ0) is 11.1. The van der Waals surface area contributed by atoms with Crippen LogP contribution >= 0.6 is 11.6 Å². The molecular formula is C14H19Cl. The topological polar surface area (TPSA) is 0 Å². The number of hydrogen-bond donors (Lipinski definition) is 0. The lowest BCUT2D eigenvalue weighted by atomic mass is 9.86. The summed E-state index contributed by atoms with van der Waals surface area (Å²) in [6, 6.07) is 6.85. The maximum atomic E-state index is 6.40. The Kier molecular flexibility index (Phi) is 2.81. The summed E-state index contributed by atoms with van der Waals surface area (Å²) >= 11 is 6.40. The summed E-state index contributed by atoms with van der Waals surface area (Å²) in [5.41, 5.74) is 4.50. The molecule has 1 atom stereocenters. The first-order valence-electron chi connectivity index (χ1n) is 5.82. The average molecular weight is 223 g/mol. The van der Waals surface area contributed by atoms with Crippen molar-refractivity contribution in [3.63, 3.8) is 0 Å². The highest BCUT2D eigenvalue weighted by Gasteiger charge is 2.35. The Morgan fingerprint density at radius 1 is 1.40 bits per heavy atom. The fourth-order valence-corrected chi connectivity index (χ4v) is 3.17. The molecule has 1 aromatic rings. The van der Waals surface area contributed by atoms with E-state index in [1.54, 1.807) is 0 Å². The van der Waals surface area contributed by atoms with E-state index in [1.807, 2.05) is 0 Å². The Bertz CT molecular complexity index is 366. The van der Waals surface area contributed by atoms with Crippen LogP contribution in [0.2, 0.25) is 0 Å². The van der Waals surface area contributed by atoms with Gasteiger partial charge in [-0.05, 0) is 34.9 Å². The third kappa shape index (κ3) is 1.92. The molecular weight excluding hydrogens is 204 g/mol. The second-order valence-corrected chi connectivity index (χ2v) is 5.75. The molecule has 1 aliphatic rings. The number of hydrogen-bond acceptors (Lipinski definition) is 0. The fourth-order valence-electron chi connectivity index (χ4n) is 2.60. The van der Waals surface area contributed by atoms with Gasteiger partial charge in [-0.2, -0.15) is 0 Å². The Morgan fingerprint density at radius 2 is 2.13 bits per heavy atom. The quantitative estimate of drug-likeness (QED) is 0.642. The first kappa shape index (κ1) is 11.0. The zero-order valence-electron chi connectivity index (χ0n) is 9.81. The molecule has 0 saturated heterocycles. The van der Waals surface area contributed by atoms with Crippen LogP contribution in [0.3, 0.4) is 0 Å². The van der Waals surface area contributed by atoms with Crippen molar-refractivity contribution in [2.24, 2.45) is 0 Å². The molecule has 0 bridgehead atoms. The van der Waals surface area contributed by atoms with Gasteiger partial charge in [0.1, 0.15) is 0 Å². The Balaban J connectivity index is 2.41. The van der Waals surface area contributed by atoms with Gasteiger partial charge < -0.3 is 0 Å². The Morgan fingerprint density at radius 3 is 2.80 bits per heavy atom. The van der Waals surface area contributed by atoms with Gasteiger partial charge in [0.25, 0.3) is 0 Å². The SMILES string of the molecule is CCCc1ccc2c(c1)C(Cl)CC2(C)C. The van der Waals surface area contributed by atoms with Crippen LogP contribution in [0.1, 0.15) is 55.7 Å². The van der Waals surface area contributed by atoms with E-state index in [-0.39, 0.29) is 10.8 Å². The van der Waals surface area contributed by atoms with Crippen LogP contribution in [0.15, 0.2) is 18.2 Å². The van der Waals surface area contributed by atoms with Crippen molar-refractivity contribution in [3.05, 3.63) is 34.9 Å². The van der Waals surface area contributed by atoms with Crippen LogP contribution in [0, 0.1) is 0 Å². The van der Waals surface area contributed by atoms with E-state index in [0.717, 1.165) is 12.8 Å². The molecule has 0 aliphatic heterocycles. The van der Waals surface area contributed by atoms with Gasteiger partial charge in [-0.1, -0.05) is 45.4 Å². The average Bonchev–Trinajstić information content (AvgIpc) is 2.38. The van der Waals surface area contributed by atoms with E-state index in [9.17, 15) is 0 Å². The molecule has 0 nitrogen and oxygen atoms in total. The maximum absolute atomic E-state index is 6.40. The number of rotatable bonds is 2. The summed E-state index contributed by atoms with van der Waals surface area (Å²) < 4.78 is 0. The van der Waals surface area contributed by atoms with Gasteiger partial charge >= 0.3 is 0 Å². The van der Waals surface area contributed by atoms with Crippen molar-refractivity contribution in [1.29, 1.82) is 0 Å². The first-order chi connectivity index (χ1) is 7.04. The van der Waals surface area contributed by atoms with Crippen molar-refractivity contribution in [1.82, 2.24) is 0 Å². The highest BCUT2D eigenvalue weighted by Crippen LogP contribution is 2.47. The third-order valence-electron chi connectivity index (χ3n) is 3.41. The molecule has 0 N–H and O–H groups in total. The van der Waals surface area contributed by atoms with Crippen LogP contribution in [0.4, 0.5) is 0 Å². The smallest absolute Gasteiger partial charge is 0.0596 e. The lowest BCUT2D eigenvalue weighted by Gasteiger charge is -2.18. The number of fused-ring (bicyclic) bond motifs is 1. The summed E-state index contributed by atoms with van der Waals surface area (Å²) in [5.74, 6) is 0. The van der Waals surface area contributed by atoms with E-state index in [0.29, 0.717) is 0 Å². The highest BCUT2D eigenvalue weighted by atomic mass is 35.5. The summed E-state index contributed by atoms with van der Waals surface area (Å²) in [5, 5.41) is 0.215.